The first-order valence-corrected chi connectivity index (χ1v) is 8.60. The molecule has 0 aliphatic heterocycles. The van der Waals surface area contributed by atoms with E-state index in [2.05, 4.69) is 28.2 Å². The van der Waals surface area contributed by atoms with Crippen molar-refractivity contribution in [1.29, 1.82) is 0 Å². The fourth-order valence-corrected chi connectivity index (χ4v) is 3.18. The minimum atomic E-state index is -0.553. The van der Waals surface area contributed by atoms with Gasteiger partial charge in [0.05, 0.1) is 12.7 Å². The van der Waals surface area contributed by atoms with Gasteiger partial charge in [-0.05, 0) is 52.9 Å². The Morgan fingerprint density at radius 2 is 2.04 bits per heavy atom. The Hall–Kier alpha value is -1.56. The second kappa shape index (κ2) is 8.34. The van der Waals surface area contributed by atoms with Crippen molar-refractivity contribution in [3.05, 3.63) is 28.2 Å². The summed E-state index contributed by atoms with van der Waals surface area (Å²) in [6.45, 7) is 1.87. The molecule has 0 bridgehead atoms. The number of esters is 1. The molecule has 1 N–H and O–H groups in total. The number of hydrogen-bond acceptors (Lipinski definition) is 4. The molecule has 0 aromatic heterocycles. The Balaban J connectivity index is 1.87. The minimum Gasteiger partial charge on any atom is -0.497 e. The van der Waals surface area contributed by atoms with Crippen LogP contribution in [0.25, 0.3) is 0 Å². The zero-order chi connectivity index (χ0) is 16.8. The first kappa shape index (κ1) is 17.8. The Morgan fingerprint density at radius 3 is 2.74 bits per heavy atom. The second-order valence-electron chi connectivity index (χ2n) is 5.86. The van der Waals surface area contributed by atoms with E-state index in [4.69, 9.17) is 9.47 Å². The Labute approximate surface area is 144 Å². The molecule has 1 aromatic carbocycles. The van der Waals surface area contributed by atoms with E-state index in [0.29, 0.717) is 21.7 Å². The molecule has 5 nitrogen and oxygen atoms in total. The van der Waals surface area contributed by atoms with Crippen LogP contribution in [-0.2, 0) is 9.53 Å². The molecule has 23 heavy (non-hydrogen) atoms. The van der Waals surface area contributed by atoms with E-state index in [-0.39, 0.29) is 18.6 Å². The van der Waals surface area contributed by atoms with Gasteiger partial charge in [0.2, 0.25) is 0 Å². The highest BCUT2D eigenvalue weighted by Gasteiger charge is 2.23. The number of nitrogens with one attached hydrogen (secondary N) is 1. The van der Waals surface area contributed by atoms with Crippen LogP contribution >= 0.6 is 15.9 Å². The fourth-order valence-electron chi connectivity index (χ4n) is 2.78. The molecule has 6 heteroatoms. The number of halogens is 1. The summed E-state index contributed by atoms with van der Waals surface area (Å²) >= 11 is 3.30. The van der Waals surface area contributed by atoms with Crippen molar-refractivity contribution < 1.29 is 19.1 Å². The van der Waals surface area contributed by atoms with E-state index < -0.39 is 5.97 Å². The van der Waals surface area contributed by atoms with Crippen LogP contribution in [0.2, 0.25) is 0 Å². The van der Waals surface area contributed by atoms with E-state index >= 15 is 0 Å². The van der Waals surface area contributed by atoms with Crippen molar-refractivity contribution in [2.24, 2.45) is 5.92 Å². The highest BCUT2D eigenvalue weighted by molar-refractivity contribution is 9.10. The maximum Gasteiger partial charge on any atom is 0.339 e. The SMILES string of the molecule is COc1ccc(Br)c(C(=O)OCC(=O)N[C@@H]2CCCC[C@H]2C)c1. The van der Waals surface area contributed by atoms with Crippen molar-refractivity contribution >= 4 is 27.8 Å². The van der Waals surface area contributed by atoms with Gasteiger partial charge in [-0.3, -0.25) is 4.79 Å². The van der Waals surface area contributed by atoms with Gasteiger partial charge in [0.15, 0.2) is 6.61 Å². The van der Waals surface area contributed by atoms with Crippen molar-refractivity contribution in [3.8, 4) is 5.75 Å². The number of hydrogen-bond donors (Lipinski definition) is 1. The monoisotopic (exact) mass is 383 g/mol. The van der Waals surface area contributed by atoms with E-state index in [1.54, 1.807) is 18.2 Å². The standard InChI is InChI=1S/C17H22BrNO4/c1-11-5-3-4-6-15(11)19-16(20)10-23-17(21)13-9-12(22-2)7-8-14(13)18/h7-9,11,15H,3-6,10H2,1-2H3,(H,19,20)/t11-,15-/m1/s1. The summed E-state index contributed by atoms with van der Waals surface area (Å²) in [7, 11) is 1.52. The normalized spacial score (nSPS) is 20.7. The van der Waals surface area contributed by atoms with Crippen LogP contribution in [-0.4, -0.2) is 31.6 Å². The molecule has 1 amide bonds. The summed E-state index contributed by atoms with van der Waals surface area (Å²) < 4.78 is 10.8. The van der Waals surface area contributed by atoms with Crippen LogP contribution in [0.5, 0.6) is 5.75 Å². The molecule has 1 aliphatic rings. The number of rotatable bonds is 5. The van der Waals surface area contributed by atoms with Crippen LogP contribution in [0.1, 0.15) is 43.0 Å². The molecule has 0 radical (unpaired) electrons. The maximum absolute atomic E-state index is 12.1. The Bertz CT molecular complexity index is 576. The van der Waals surface area contributed by atoms with E-state index in [1.807, 2.05) is 0 Å². The van der Waals surface area contributed by atoms with Gasteiger partial charge in [0.1, 0.15) is 5.75 Å². The van der Waals surface area contributed by atoms with Crippen molar-refractivity contribution in [1.82, 2.24) is 5.32 Å². The summed E-state index contributed by atoms with van der Waals surface area (Å²) in [5.41, 5.74) is 0.336. The number of amides is 1. The first-order valence-electron chi connectivity index (χ1n) is 7.81. The lowest BCUT2D eigenvalue weighted by molar-refractivity contribution is -0.125. The predicted molar refractivity (Wildman–Crippen MR) is 90.5 cm³/mol. The van der Waals surface area contributed by atoms with Gasteiger partial charge in [-0.25, -0.2) is 4.79 Å². The second-order valence-corrected chi connectivity index (χ2v) is 6.71. The highest BCUT2D eigenvalue weighted by Crippen LogP contribution is 2.24. The first-order chi connectivity index (χ1) is 11.0. The third-order valence-corrected chi connectivity index (χ3v) is 4.88. The minimum absolute atomic E-state index is 0.179. The molecule has 1 aliphatic carbocycles. The Kier molecular flexibility index (Phi) is 6.45. The number of methoxy groups -OCH3 is 1. The average molecular weight is 384 g/mol. The van der Waals surface area contributed by atoms with Crippen LogP contribution in [0.15, 0.2) is 22.7 Å². The van der Waals surface area contributed by atoms with Gasteiger partial charge < -0.3 is 14.8 Å². The summed E-state index contributed by atoms with van der Waals surface area (Å²) in [5.74, 6) is 0.218. The van der Waals surface area contributed by atoms with Crippen molar-refractivity contribution in [2.45, 2.75) is 38.6 Å². The molecule has 1 fully saturated rings. The van der Waals surface area contributed by atoms with Crippen LogP contribution in [0, 0.1) is 5.92 Å². The zero-order valence-electron chi connectivity index (χ0n) is 13.4. The van der Waals surface area contributed by atoms with Crippen LogP contribution < -0.4 is 10.1 Å². The molecular weight excluding hydrogens is 362 g/mol. The van der Waals surface area contributed by atoms with Crippen molar-refractivity contribution in [3.63, 3.8) is 0 Å². The van der Waals surface area contributed by atoms with Crippen LogP contribution in [0.4, 0.5) is 0 Å². The quantitative estimate of drug-likeness (QED) is 0.792. The molecule has 0 unspecified atom stereocenters. The van der Waals surface area contributed by atoms with Gasteiger partial charge in [0.25, 0.3) is 5.91 Å². The summed E-state index contributed by atoms with van der Waals surface area (Å²) in [4.78, 5) is 24.1. The third-order valence-electron chi connectivity index (χ3n) is 4.19. The van der Waals surface area contributed by atoms with E-state index in [0.717, 1.165) is 19.3 Å². The molecule has 1 saturated carbocycles. The van der Waals surface area contributed by atoms with E-state index in [1.165, 1.54) is 13.5 Å². The molecule has 0 heterocycles. The number of benzene rings is 1. The van der Waals surface area contributed by atoms with Gasteiger partial charge in [-0.2, -0.15) is 0 Å². The number of carbonyl (C=O) groups is 2. The summed E-state index contributed by atoms with van der Waals surface area (Å²) in [6, 6.07) is 5.20. The molecule has 126 valence electrons. The number of carbonyl (C=O) groups excluding carboxylic acids is 2. The lowest BCUT2D eigenvalue weighted by atomic mass is 9.86. The van der Waals surface area contributed by atoms with Crippen LogP contribution in [0.3, 0.4) is 0 Å². The lowest BCUT2D eigenvalue weighted by Gasteiger charge is -2.29. The molecule has 0 saturated heterocycles. The molecule has 2 atom stereocenters. The molecule has 2 rings (SSSR count). The third kappa shape index (κ3) is 4.96. The average Bonchev–Trinajstić information content (AvgIpc) is 2.55. The number of ether oxygens (including phenoxy) is 2. The maximum atomic E-state index is 12.1. The summed E-state index contributed by atoms with van der Waals surface area (Å²) in [6.07, 6.45) is 4.46. The molecule has 1 aromatic rings. The summed E-state index contributed by atoms with van der Waals surface area (Å²) in [5, 5.41) is 2.96. The Morgan fingerprint density at radius 1 is 1.30 bits per heavy atom. The largest absolute Gasteiger partial charge is 0.497 e. The smallest absolute Gasteiger partial charge is 0.339 e. The predicted octanol–water partition coefficient (Wildman–Crippen LogP) is 3.31. The van der Waals surface area contributed by atoms with Gasteiger partial charge in [-0.1, -0.05) is 19.8 Å². The van der Waals surface area contributed by atoms with Gasteiger partial charge in [-0.15, -0.1) is 0 Å². The van der Waals surface area contributed by atoms with Gasteiger partial charge >= 0.3 is 5.97 Å². The van der Waals surface area contributed by atoms with E-state index in [9.17, 15) is 9.59 Å². The molecule has 0 spiro atoms. The lowest BCUT2D eigenvalue weighted by Crippen LogP contribution is -2.42. The highest BCUT2D eigenvalue weighted by atomic mass is 79.9. The molecular formula is C17H22BrNO4. The topological polar surface area (TPSA) is 64.6 Å². The fraction of sp³-hybridized carbons (Fsp3) is 0.529. The van der Waals surface area contributed by atoms with Gasteiger partial charge in [0, 0.05) is 10.5 Å². The zero-order valence-corrected chi connectivity index (χ0v) is 15.0. The van der Waals surface area contributed by atoms with Crippen molar-refractivity contribution in [2.75, 3.05) is 13.7 Å².